The maximum atomic E-state index is 9.44. The van der Waals surface area contributed by atoms with Gasteiger partial charge in [-0.25, -0.2) is 0 Å². The number of hydrogen-bond acceptors (Lipinski definition) is 3. The summed E-state index contributed by atoms with van der Waals surface area (Å²) in [5.74, 6) is 0. The second kappa shape index (κ2) is 8.62. The van der Waals surface area contributed by atoms with Crippen molar-refractivity contribution in [2.24, 2.45) is 0 Å². The first-order chi connectivity index (χ1) is 10.3. The second-order valence-corrected chi connectivity index (χ2v) is 6.18. The van der Waals surface area contributed by atoms with Crippen LogP contribution in [0.4, 0.5) is 5.69 Å². The van der Waals surface area contributed by atoms with Gasteiger partial charge in [-0.1, -0.05) is 37.4 Å². The fourth-order valence-electron chi connectivity index (χ4n) is 3.20. The van der Waals surface area contributed by atoms with E-state index in [1.54, 1.807) is 0 Å². The van der Waals surface area contributed by atoms with Gasteiger partial charge in [0.25, 0.3) is 0 Å². The van der Waals surface area contributed by atoms with Gasteiger partial charge in [-0.05, 0) is 37.9 Å². The molecule has 1 aromatic carbocycles. The third-order valence-corrected chi connectivity index (χ3v) is 4.59. The summed E-state index contributed by atoms with van der Waals surface area (Å²) in [6.45, 7) is 4.82. The van der Waals surface area contributed by atoms with E-state index in [2.05, 4.69) is 23.2 Å². The first kappa shape index (κ1) is 16.6. The molecule has 0 spiro atoms. The van der Waals surface area contributed by atoms with Crippen LogP contribution in [0.1, 0.15) is 44.6 Å². The predicted octanol–water partition coefficient (Wildman–Crippen LogP) is 3.58. The van der Waals surface area contributed by atoms with Crippen molar-refractivity contribution >= 4 is 17.3 Å². The van der Waals surface area contributed by atoms with Crippen molar-refractivity contribution in [1.82, 2.24) is 5.32 Å². The lowest BCUT2D eigenvalue weighted by atomic mass is 10.1. The van der Waals surface area contributed by atoms with Crippen molar-refractivity contribution in [3.8, 4) is 0 Å². The predicted molar refractivity (Wildman–Crippen MR) is 90.1 cm³/mol. The molecule has 1 aromatic rings. The van der Waals surface area contributed by atoms with Crippen molar-refractivity contribution in [3.63, 3.8) is 0 Å². The average molecular weight is 311 g/mol. The number of benzene rings is 1. The van der Waals surface area contributed by atoms with E-state index >= 15 is 0 Å². The molecule has 1 fully saturated rings. The molecule has 4 heteroatoms. The standard InChI is InChI=1S/C17H27ClN2O/c1-2-10-19-13-15-16(18)8-5-9-17(15)20(11-12-21)14-6-3-4-7-14/h5,8-9,14,19,21H,2-4,6-7,10-13H2,1H3. The molecule has 0 heterocycles. The number of aliphatic hydroxyl groups excluding tert-OH is 1. The summed E-state index contributed by atoms with van der Waals surface area (Å²) in [7, 11) is 0. The Morgan fingerprint density at radius 2 is 2.10 bits per heavy atom. The lowest BCUT2D eigenvalue weighted by Gasteiger charge is -2.32. The Morgan fingerprint density at radius 3 is 2.76 bits per heavy atom. The fraction of sp³-hybridized carbons (Fsp3) is 0.647. The van der Waals surface area contributed by atoms with Crippen molar-refractivity contribution < 1.29 is 5.11 Å². The van der Waals surface area contributed by atoms with Crippen LogP contribution >= 0.6 is 11.6 Å². The second-order valence-electron chi connectivity index (χ2n) is 5.77. The van der Waals surface area contributed by atoms with Gasteiger partial charge in [0, 0.05) is 35.4 Å². The molecule has 2 rings (SSSR count). The molecule has 1 saturated carbocycles. The molecular formula is C17H27ClN2O. The van der Waals surface area contributed by atoms with Crippen molar-refractivity contribution in [1.29, 1.82) is 0 Å². The van der Waals surface area contributed by atoms with Gasteiger partial charge in [-0.15, -0.1) is 0 Å². The normalized spacial score (nSPS) is 15.6. The van der Waals surface area contributed by atoms with Crippen molar-refractivity contribution in [3.05, 3.63) is 28.8 Å². The summed E-state index contributed by atoms with van der Waals surface area (Å²) in [4.78, 5) is 2.36. The van der Waals surface area contributed by atoms with Gasteiger partial charge >= 0.3 is 0 Å². The summed E-state index contributed by atoms with van der Waals surface area (Å²) in [6.07, 6.45) is 6.12. The van der Waals surface area contributed by atoms with Gasteiger partial charge in [0.15, 0.2) is 0 Å². The largest absolute Gasteiger partial charge is 0.395 e. The number of aliphatic hydroxyl groups is 1. The molecule has 1 aliphatic carbocycles. The molecule has 3 nitrogen and oxygen atoms in total. The van der Waals surface area contributed by atoms with E-state index in [0.29, 0.717) is 12.6 Å². The Kier molecular flexibility index (Phi) is 6.81. The van der Waals surface area contributed by atoms with Crippen LogP contribution < -0.4 is 10.2 Å². The molecule has 0 atom stereocenters. The topological polar surface area (TPSA) is 35.5 Å². The van der Waals surface area contributed by atoms with E-state index in [1.165, 1.54) is 31.4 Å². The van der Waals surface area contributed by atoms with Crippen LogP contribution in [0.5, 0.6) is 0 Å². The molecule has 2 N–H and O–H groups in total. The van der Waals surface area contributed by atoms with Crippen LogP contribution in [0.3, 0.4) is 0 Å². The summed E-state index contributed by atoms with van der Waals surface area (Å²) in [5, 5.41) is 13.7. The Bertz CT molecular complexity index is 433. The van der Waals surface area contributed by atoms with Crippen molar-refractivity contribution in [2.45, 2.75) is 51.6 Å². The number of nitrogens with one attached hydrogen (secondary N) is 1. The Morgan fingerprint density at radius 1 is 1.33 bits per heavy atom. The van der Waals surface area contributed by atoms with E-state index in [-0.39, 0.29) is 6.61 Å². The number of hydrogen-bond donors (Lipinski definition) is 2. The lowest BCUT2D eigenvalue weighted by Crippen LogP contribution is -2.36. The molecule has 0 unspecified atom stereocenters. The van der Waals surface area contributed by atoms with Crippen LogP contribution in [0.25, 0.3) is 0 Å². The zero-order valence-electron chi connectivity index (χ0n) is 12.9. The number of rotatable bonds is 8. The smallest absolute Gasteiger partial charge is 0.0606 e. The molecule has 0 aliphatic heterocycles. The lowest BCUT2D eigenvalue weighted by molar-refractivity contribution is 0.297. The highest BCUT2D eigenvalue weighted by atomic mass is 35.5. The van der Waals surface area contributed by atoms with Gasteiger partial charge < -0.3 is 15.3 Å². The van der Waals surface area contributed by atoms with E-state index in [4.69, 9.17) is 11.6 Å². The first-order valence-corrected chi connectivity index (χ1v) is 8.51. The number of anilines is 1. The minimum Gasteiger partial charge on any atom is -0.395 e. The maximum absolute atomic E-state index is 9.44. The molecule has 21 heavy (non-hydrogen) atoms. The molecule has 0 saturated heterocycles. The minimum absolute atomic E-state index is 0.185. The summed E-state index contributed by atoms with van der Waals surface area (Å²) < 4.78 is 0. The number of halogens is 1. The molecule has 0 amide bonds. The molecule has 118 valence electrons. The number of nitrogens with zero attached hydrogens (tertiary/aromatic N) is 1. The van der Waals surface area contributed by atoms with Crippen LogP contribution in [0.15, 0.2) is 18.2 Å². The summed E-state index contributed by atoms with van der Waals surface area (Å²) in [6, 6.07) is 6.66. The molecule has 0 bridgehead atoms. The SMILES string of the molecule is CCCNCc1c(Cl)cccc1N(CCO)C1CCCC1. The van der Waals surface area contributed by atoms with E-state index in [9.17, 15) is 5.11 Å². The van der Waals surface area contributed by atoms with Gasteiger partial charge in [0.2, 0.25) is 0 Å². The van der Waals surface area contributed by atoms with Gasteiger partial charge in [-0.2, -0.15) is 0 Å². The molecular weight excluding hydrogens is 284 g/mol. The monoisotopic (exact) mass is 310 g/mol. The highest BCUT2D eigenvalue weighted by Gasteiger charge is 2.24. The molecule has 1 aliphatic rings. The Labute approximate surface area is 133 Å². The first-order valence-electron chi connectivity index (χ1n) is 8.13. The van der Waals surface area contributed by atoms with E-state index in [0.717, 1.165) is 30.1 Å². The summed E-state index contributed by atoms with van der Waals surface area (Å²) in [5.41, 5.74) is 2.35. The summed E-state index contributed by atoms with van der Waals surface area (Å²) >= 11 is 6.43. The highest BCUT2D eigenvalue weighted by molar-refractivity contribution is 6.31. The Hall–Kier alpha value is -0.770. The van der Waals surface area contributed by atoms with Crippen LogP contribution in [0, 0.1) is 0 Å². The van der Waals surface area contributed by atoms with E-state index in [1.807, 2.05) is 12.1 Å². The van der Waals surface area contributed by atoms with Crippen molar-refractivity contribution in [2.75, 3.05) is 24.6 Å². The van der Waals surface area contributed by atoms with Gasteiger partial charge in [-0.3, -0.25) is 0 Å². The average Bonchev–Trinajstić information content (AvgIpc) is 3.01. The third kappa shape index (κ3) is 4.35. The van der Waals surface area contributed by atoms with Gasteiger partial charge in [0.05, 0.1) is 6.61 Å². The van der Waals surface area contributed by atoms with Crippen LogP contribution in [0.2, 0.25) is 5.02 Å². The zero-order chi connectivity index (χ0) is 15.1. The van der Waals surface area contributed by atoms with Crippen LogP contribution in [-0.2, 0) is 6.54 Å². The molecule has 0 radical (unpaired) electrons. The fourth-order valence-corrected chi connectivity index (χ4v) is 3.44. The van der Waals surface area contributed by atoms with Crippen LogP contribution in [-0.4, -0.2) is 30.8 Å². The zero-order valence-corrected chi connectivity index (χ0v) is 13.7. The third-order valence-electron chi connectivity index (χ3n) is 4.24. The molecule has 0 aromatic heterocycles. The highest BCUT2D eigenvalue weighted by Crippen LogP contribution is 2.33. The van der Waals surface area contributed by atoms with E-state index < -0.39 is 0 Å². The maximum Gasteiger partial charge on any atom is 0.0606 e. The quantitative estimate of drug-likeness (QED) is 0.720. The van der Waals surface area contributed by atoms with Gasteiger partial charge in [0.1, 0.15) is 0 Å². The minimum atomic E-state index is 0.185. The Balaban J connectivity index is 2.23.